The zero-order valence-electron chi connectivity index (χ0n) is 16.2. The summed E-state index contributed by atoms with van der Waals surface area (Å²) in [6, 6.07) is 15.1. The molecule has 1 fully saturated rings. The zero-order valence-corrected chi connectivity index (χ0v) is 16.9. The highest BCUT2D eigenvalue weighted by Crippen LogP contribution is 2.14. The number of nitrogens with zero attached hydrogens (tertiary/aromatic N) is 2. The first kappa shape index (κ1) is 20.4. The van der Waals surface area contributed by atoms with Gasteiger partial charge in [-0.2, -0.15) is 0 Å². The molecular weight excluding hydrogens is 374 g/mol. The first-order chi connectivity index (χ1) is 13.5. The van der Waals surface area contributed by atoms with Gasteiger partial charge >= 0.3 is 0 Å². The minimum absolute atomic E-state index is 0.0135. The number of rotatable bonds is 6. The Morgan fingerprint density at radius 1 is 1.00 bits per heavy atom. The number of benzene rings is 2. The second-order valence-electron chi connectivity index (χ2n) is 7.13. The maximum atomic E-state index is 12.6. The van der Waals surface area contributed by atoms with Crippen molar-refractivity contribution in [2.45, 2.75) is 19.8 Å². The molecule has 1 aliphatic heterocycles. The molecule has 2 aromatic rings. The number of hydrogen-bond acceptors (Lipinski definition) is 3. The summed E-state index contributed by atoms with van der Waals surface area (Å²) >= 11 is 5.85. The minimum Gasteiger partial charge on any atom is -0.340 e. The molecule has 28 heavy (non-hydrogen) atoms. The molecule has 2 amide bonds. The van der Waals surface area contributed by atoms with Gasteiger partial charge in [0.15, 0.2) is 0 Å². The van der Waals surface area contributed by atoms with Crippen LogP contribution in [0.3, 0.4) is 0 Å². The highest BCUT2D eigenvalue weighted by atomic mass is 35.5. The van der Waals surface area contributed by atoms with Gasteiger partial charge < -0.3 is 10.2 Å². The van der Waals surface area contributed by atoms with Crippen LogP contribution in [0, 0.1) is 6.92 Å². The van der Waals surface area contributed by atoms with Gasteiger partial charge in [-0.05, 0) is 42.3 Å². The van der Waals surface area contributed by atoms with Crippen molar-refractivity contribution in [2.24, 2.45) is 0 Å². The van der Waals surface area contributed by atoms with E-state index < -0.39 is 0 Å². The Morgan fingerprint density at radius 2 is 1.68 bits per heavy atom. The number of halogens is 1. The van der Waals surface area contributed by atoms with E-state index in [9.17, 15) is 9.59 Å². The van der Waals surface area contributed by atoms with Crippen molar-refractivity contribution >= 4 is 29.1 Å². The van der Waals surface area contributed by atoms with Crippen LogP contribution in [0.1, 0.15) is 17.5 Å². The lowest BCUT2D eigenvalue weighted by Crippen LogP contribution is -2.49. The quantitative estimate of drug-likeness (QED) is 0.810. The summed E-state index contributed by atoms with van der Waals surface area (Å²) in [5, 5.41) is 3.53. The average molecular weight is 400 g/mol. The molecule has 6 heteroatoms. The molecule has 0 unspecified atom stereocenters. The number of piperazine rings is 1. The second-order valence-corrected chi connectivity index (χ2v) is 7.57. The first-order valence-electron chi connectivity index (χ1n) is 9.61. The van der Waals surface area contributed by atoms with E-state index in [1.54, 1.807) is 24.3 Å². The summed E-state index contributed by atoms with van der Waals surface area (Å²) in [7, 11) is 0. The summed E-state index contributed by atoms with van der Waals surface area (Å²) in [5.74, 6) is 0.162. The number of carbonyl (C=O) groups excluding carboxylic acids is 2. The number of hydrogen-bond donors (Lipinski definition) is 1. The van der Waals surface area contributed by atoms with E-state index in [-0.39, 0.29) is 11.8 Å². The first-order valence-corrected chi connectivity index (χ1v) is 9.99. The van der Waals surface area contributed by atoms with Crippen LogP contribution in [-0.4, -0.2) is 54.3 Å². The predicted octanol–water partition coefficient (Wildman–Crippen LogP) is 3.36. The van der Waals surface area contributed by atoms with E-state index in [1.807, 2.05) is 36.1 Å². The molecule has 0 atom stereocenters. The molecule has 1 heterocycles. The van der Waals surface area contributed by atoms with E-state index in [2.05, 4.69) is 10.2 Å². The number of aryl methyl sites for hydroxylation is 1. The van der Waals surface area contributed by atoms with Gasteiger partial charge in [0.05, 0.1) is 6.42 Å². The normalized spacial score (nSPS) is 14.7. The van der Waals surface area contributed by atoms with Crippen LogP contribution in [0.5, 0.6) is 0 Å². The van der Waals surface area contributed by atoms with Gasteiger partial charge in [0, 0.05) is 49.9 Å². The molecule has 0 aliphatic carbocycles. The maximum absolute atomic E-state index is 12.6. The van der Waals surface area contributed by atoms with Gasteiger partial charge in [-0.1, -0.05) is 35.9 Å². The Kier molecular flexibility index (Phi) is 7.06. The zero-order chi connectivity index (χ0) is 19.9. The molecule has 0 radical (unpaired) electrons. The molecule has 5 nitrogen and oxygen atoms in total. The molecule has 1 aliphatic rings. The van der Waals surface area contributed by atoms with Gasteiger partial charge in [-0.25, -0.2) is 0 Å². The van der Waals surface area contributed by atoms with Crippen LogP contribution >= 0.6 is 11.6 Å². The van der Waals surface area contributed by atoms with Crippen LogP contribution < -0.4 is 5.32 Å². The fourth-order valence-corrected chi connectivity index (χ4v) is 3.45. The average Bonchev–Trinajstić information content (AvgIpc) is 2.70. The van der Waals surface area contributed by atoms with E-state index in [1.165, 1.54) is 0 Å². The number of carbonyl (C=O) groups is 2. The summed E-state index contributed by atoms with van der Waals surface area (Å²) in [6.45, 7) is 5.75. The van der Waals surface area contributed by atoms with Crippen molar-refractivity contribution in [1.29, 1.82) is 0 Å². The second kappa shape index (κ2) is 9.71. The van der Waals surface area contributed by atoms with Crippen LogP contribution in [0.4, 0.5) is 5.69 Å². The molecule has 0 aromatic heterocycles. The van der Waals surface area contributed by atoms with Crippen molar-refractivity contribution in [3.05, 3.63) is 64.7 Å². The van der Waals surface area contributed by atoms with Gasteiger partial charge in [0.25, 0.3) is 0 Å². The fourth-order valence-electron chi connectivity index (χ4n) is 3.32. The standard InChI is InChI=1S/C22H26ClN3O2/c1-17-4-2-3-5-18(17)16-22(28)26-14-12-25(13-15-26)11-10-21(27)24-20-8-6-19(23)7-9-20/h2-9H,10-16H2,1H3,(H,24,27). The Hall–Kier alpha value is -2.37. The third kappa shape index (κ3) is 5.81. The topological polar surface area (TPSA) is 52.7 Å². The van der Waals surface area contributed by atoms with E-state index >= 15 is 0 Å². The van der Waals surface area contributed by atoms with Gasteiger partial charge in [0.1, 0.15) is 0 Å². The van der Waals surface area contributed by atoms with Gasteiger partial charge in [-0.15, -0.1) is 0 Å². The lowest BCUT2D eigenvalue weighted by atomic mass is 10.1. The van der Waals surface area contributed by atoms with E-state index in [4.69, 9.17) is 11.6 Å². The SMILES string of the molecule is Cc1ccccc1CC(=O)N1CCN(CCC(=O)Nc2ccc(Cl)cc2)CC1. The maximum Gasteiger partial charge on any atom is 0.227 e. The molecule has 148 valence electrons. The molecule has 1 saturated heterocycles. The van der Waals surface area contributed by atoms with Gasteiger partial charge in [0.2, 0.25) is 11.8 Å². The van der Waals surface area contributed by atoms with Crippen molar-refractivity contribution in [2.75, 3.05) is 38.0 Å². The molecular formula is C22H26ClN3O2. The van der Waals surface area contributed by atoms with Crippen molar-refractivity contribution < 1.29 is 9.59 Å². The summed E-state index contributed by atoms with van der Waals surface area (Å²) in [6.07, 6.45) is 0.885. The molecule has 2 aromatic carbocycles. The predicted molar refractivity (Wildman–Crippen MR) is 113 cm³/mol. The number of amides is 2. The molecule has 1 N–H and O–H groups in total. The van der Waals surface area contributed by atoms with Crippen molar-refractivity contribution in [3.63, 3.8) is 0 Å². The Labute approximate surface area is 171 Å². The van der Waals surface area contributed by atoms with E-state index in [0.717, 1.165) is 29.9 Å². The highest BCUT2D eigenvalue weighted by molar-refractivity contribution is 6.30. The summed E-state index contributed by atoms with van der Waals surface area (Å²) < 4.78 is 0. The highest BCUT2D eigenvalue weighted by Gasteiger charge is 2.21. The van der Waals surface area contributed by atoms with Crippen LogP contribution in [0.15, 0.2) is 48.5 Å². The lowest BCUT2D eigenvalue weighted by molar-refractivity contribution is -0.132. The Bertz CT molecular complexity index is 815. The molecule has 0 saturated carbocycles. The van der Waals surface area contributed by atoms with Crippen molar-refractivity contribution in [1.82, 2.24) is 9.80 Å². The number of nitrogens with one attached hydrogen (secondary N) is 1. The lowest BCUT2D eigenvalue weighted by Gasteiger charge is -2.34. The van der Waals surface area contributed by atoms with Gasteiger partial charge in [-0.3, -0.25) is 14.5 Å². The Morgan fingerprint density at radius 3 is 2.36 bits per heavy atom. The van der Waals surface area contributed by atoms with Crippen LogP contribution in [0.2, 0.25) is 5.02 Å². The smallest absolute Gasteiger partial charge is 0.227 e. The van der Waals surface area contributed by atoms with Crippen LogP contribution in [-0.2, 0) is 16.0 Å². The largest absolute Gasteiger partial charge is 0.340 e. The monoisotopic (exact) mass is 399 g/mol. The van der Waals surface area contributed by atoms with Crippen molar-refractivity contribution in [3.8, 4) is 0 Å². The fraction of sp³-hybridized carbons (Fsp3) is 0.364. The molecule has 3 rings (SSSR count). The minimum atomic E-state index is -0.0135. The molecule has 0 spiro atoms. The third-order valence-corrected chi connectivity index (χ3v) is 5.36. The summed E-state index contributed by atoms with van der Waals surface area (Å²) in [5.41, 5.74) is 3.00. The van der Waals surface area contributed by atoms with E-state index in [0.29, 0.717) is 37.5 Å². The Balaban J connectivity index is 1.39. The number of anilines is 1. The summed E-state index contributed by atoms with van der Waals surface area (Å²) in [4.78, 5) is 28.8. The van der Waals surface area contributed by atoms with Crippen LogP contribution in [0.25, 0.3) is 0 Å². The third-order valence-electron chi connectivity index (χ3n) is 5.11. The molecule has 0 bridgehead atoms.